The quantitative estimate of drug-likeness (QED) is 0.699. The molecule has 0 saturated carbocycles. The summed E-state index contributed by atoms with van der Waals surface area (Å²) in [4.78, 5) is 8.48. The van der Waals surface area contributed by atoms with Crippen LogP contribution in [0.3, 0.4) is 0 Å². The number of para-hydroxylation sites is 1. The summed E-state index contributed by atoms with van der Waals surface area (Å²) in [6.07, 6.45) is 6.98. The van der Waals surface area contributed by atoms with E-state index in [1.807, 2.05) is 24.4 Å². The summed E-state index contributed by atoms with van der Waals surface area (Å²) in [6.45, 7) is 2.81. The lowest BCUT2D eigenvalue weighted by molar-refractivity contribution is 0.355. The molecule has 0 unspecified atom stereocenters. The predicted octanol–water partition coefficient (Wildman–Crippen LogP) is 2.42. The minimum Gasteiger partial charge on any atom is -0.493 e. The number of imidazole rings is 1. The highest BCUT2D eigenvalue weighted by Gasteiger charge is 2.18. The van der Waals surface area contributed by atoms with Gasteiger partial charge in [-0.1, -0.05) is 6.07 Å². The number of benzene rings is 1. The Balaban J connectivity index is 1.98. The normalized spacial score (nSPS) is 12.1. The van der Waals surface area contributed by atoms with Crippen LogP contribution in [0.1, 0.15) is 13.0 Å². The van der Waals surface area contributed by atoms with Crippen LogP contribution in [0.5, 0.6) is 11.5 Å². The highest BCUT2D eigenvalue weighted by Crippen LogP contribution is 2.37. The van der Waals surface area contributed by atoms with Crippen molar-refractivity contribution in [3.05, 3.63) is 43.2 Å². The topological polar surface area (TPSA) is 67.0 Å². The van der Waals surface area contributed by atoms with E-state index >= 15 is 0 Å². The van der Waals surface area contributed by atoms with Crippen molar-refractivity contribution in [1.82, 2.24) is 24.3 Å². The van der Waals surface area contributed by atoms with Crippen LogP contribution in [-0.4, -0.2) is 38.5 Å². The van der Waals surface area contributed by atoms with Gasteiger partial charge in [0.05, 0.1) is 32.4 Å². The summed E-state index contributed by atoms with van der Waals surface area (Å²) < 4.78 is 14.8. The fourth-order valence-corrected chi connectivity index (χ4v) is 2.63. The highest BCUT2D eigenvalue weighted by atomic mass is 16.5. The Labute approximate surface area is 134 Å². The molecule has 0 bridgehead atoms. The maximum Gasteiger partial charge on any atom is 0.171 e. The monoisotopic (exact) mass is 313 g/mol. The average Bonchev–Trinajstić information content (AvgIpc) is 3.25. The van der Waals surface area contributed by atoms with Crippen molar-refractivity contribution >= 4 is 0 Å². The van der Waals surface area contributed by atoms with E-state index in [0.29, 0.717) is 18.0 Å². The summed E-state index contributed by atoms with van der Waals surface area (Å²) in [5.41, 5.74) is 0.891. The standard InChI is InChI=1S/C16H19N5O2/c1-12(9-20-11-17-10-19-20)21-8-7-18-16(21)13-5-4-6-14(22-2)15(13)23-3/h4-8,10-12H,9H2,1-3H3/t12-/m0/s1. The van der Waals surface area contributed by atoms with Gasteiger partial charge in [0.25, 0.3) is 0 Å². The molecule has 0 radical (unpaired) electrons. The minimum atomic E-state index is 0.158. The Kier molecular flexibility index (Phi) is 4.27. The van der Waals surface area contributed by atoms with Gasteiger partial charge in [0, 0.05) is 12.4 Å². The van der Waals surface area contributed by atoms with Gasteiger partial charge in [-0.05, 0) is 19.1 Å². The van der Waals surface area contributed by atoms with Gasteiger partial charge in [-0.3, -0.25) is 4.68 Å². The number of nitrogens with zero attached hydrogens (tertiary/aromatic N) is 5. The van der Waals surface area contributed by atoms with Gasteiger partial charge in [0.2, 0.25) is 0 Å². The maximum absolute atomic E-state index is 5.53. The average molecular weight is 313 g/mol. The molecule has 0 aliphatic rings. The number of ether oxygens (including phenoxy) is 2. The second-order valence-electron chi connectivity index (χ2n) is 5.17. The lowest BCUT2D eigenvalue weighted by Gasteiger charge is -2.18. The third-order valence-corrected chi connectivity index (χ3v) is 3.71. The number of hydrogen-bond donors (Lipinski definition) is 0. The SMILES string of the molecule is COc1cccc(-c2nccn2[C@@H](C)Cn2cncn2)c1OC. The molecule has 3 rings (SSSR count). The molecule has 2 heterocycles. The number of aromatic nitrogens is 5. The van der Waals surface area contributed by atoms with Crippen LogP contribution in [0.15, 0.2) is 43.2 Å². The molecule has 0 N–H and O–H groups in total. The molecule has 2 aromatic heterocycles. The van der Waals surface area contributed by atoms with Gasteiger partial charge in [-0.25, -0.2) is 9.97 Å². The molecule has 0 aliphatic carbocycles. The lowest BCUT2D eigenvalue weighted by Crippen LogP contribution is -2.14. The van der Waals surface area contributed by atoms with Crippen LogP contribution in [0.2, 0.25) is 0 Å². The Hall–Kier alpha value is -2.83. The van der Waals surface area contributed by atoms with Crippen LogP contribution < -0.4 is 9.47 Å². The van der Waals surface area contributed by atoms with Crippen molar-refractivity contribution in [3.63, 3.8) is 0 Å². The third-order valence-electron chi connectivity index (χ3n) is 3.71. The van der Waals surface area contributed by atoms with Crippen LogP contribution in [-0.2, 0) is 6.54 Å². The fourth-order valence-electron chi connectivity index (χ4n) is 2.63. The van der Waals surface area contributed by atoms with Gasteiger partial charge >= 0.3 is 0 Å². The summed E-state index contributed by atoms with van der Waals surface area (Å²) in [5.74, 6) is 2.19. The van der Waals surface area contributed by atoms with E-state index in [1.165, 1.54) is 6.33 Å². The number of hydrogen-bond acceptors (Lipinski definition) is 5. The van der Waals surface area contributed by atoms with Crippen molar-refractivity contribution in [2.75, 3.05) is 14.2 Å². The first-order chi connectivity index (χ1) is 11.2. The van der Waals surface area contributed by atoms with Gasteiger partial charge in [-0.2, -0.15) is 5.10 Å². The molecule has 0 saturated heterocycles. The van der Waals surface area contributed by atoms with Crippen LogP contribution >= 0.6 is 0 Å². The molecule has 1 aromatic carbocycles. The second kappa shape index (κ2) is 6.51. The van der Waals surface area contributed by atoms with Crippen molar-refractivity contribution in [3.8, 4) is 22.9 Å². The highest BCUT2D eigenvalue weighted by molar-refractivity contribution is 5.69. The Morgan fingerprint density at radius 2 is 2.09 bits per heavy atom. The van der Waals surface area contributed by atoms with E-state index in [4.69, 9.17) is 9.47 Å². The van der Waals surface area contributed by atoms with Gasteiger partial charge in [-0.15, -0.1) is 0 Å². The molecule has 3 aromatic rings. The molecule has 0 amide bonds. The van der Waals surface area contributed by atoms with Gasteiger partial charge in [0.1, 0.15) is 18.5 Å². The molecule has 7 nitrogen and oxygen atoms in total. The zero-order chi connectivity index (χ0) is 16.2. The van der Waals surface area contributed by atoms with Crippen LogP contribution in [0, 0.1) is 0 Å². The fraction of sp³-hybridized carbons (Fsp3) is 0.312. The van der Waals surface area contributed by atoms with Crippen molar-refractivity contribution in [1.29, 1.82) is 0 Å². The lowest BCUT2D eigenvalue weighted by atomic mass is 10.1. The summed E-state index contributed by atoms with van der Waals surface area (Å²) in [5, 5.41) is 4.16. The Bertz CT molecular complexity index is 767. The first-order valence-corrected chi connectivity index (χ1v) is 7.31. The van der Waals surface area contributed by atoms with Crippen LogP contribution in [0.25, 0.3) is 11.4 Å². The predicted molar refractivity (Wildman–Crippen MR) is 85.5 cm³/mol. The molecular formula is C16H19N5O2. The molecule has 23 heavy (non-hydrogen) atoms. The van der Waals surface area contributed by atoms with E-state index in [0.717, 1.165) is 11.4 Å². The largest absolute Gasteiger partial charge is 0.493 e. The van der Waals surface area contributed by atoms with E-state index in [9.17, 15) is 0 Å². The molecular weight excluding hydrogens is 294 g/mol. The van der Waals surface area contributed by atoms with Gasteiger partial charge < -0.3 is 14.0 Å². The third kappa shape index (κ3) is 2.90. The summed E-state index contributed by atoms with van der Waals surface area (Å²) in [6, 6.07) is 5.93. The van der Waals surface area contributed by atoms with Crippen LogP contribution in [0.4, 0.5) is 0 Å². The minimum absolute atomic E-state index is 0.158. The number of methoxy groups -OCH3 is 2. The molecule has 0 fully saturated rings. The number of rotatable bonds is 6. The van der Waals surface area contributed by atoms with Crippen molar-refractivity contribution in [2.24, 2.45) is 0 Å². The Morgan fingerprint density at radius 3 is 2.78 bits per heavy atom. The van der Waals surface area contributed by atoms with E-state index in [2.05, 4.69) is 26.6 Å². The zero-order valence-electron chi connectivity index (χ0n) is 13.4. The molecule has 120 valence electrons. The van der Waals surface area contributed by atoms with Crippen molar-refractivity contribution < 1.29 is 9.47 Å². The molecule has 7 heteroatoms. The molecule has 0 spiro atoms. The first kappa shape index (κ1) is 15.1. The smallest absolute Gasteiger partial charge is 0.171 e. The first-order valence-electron chi connectivity index (χ1n) is 7.31. The van der Waals surface area contributed by atoms with E-state index in [-0.39, 0.29) is 6.04 Å². The maximum atomic E-state index is 5.53. The zero-order valence-corrected chi connectivity index (χ0v) is 13.4. The van der Waals surface area contributed by atoms with E-state index in [1.54, 1.807) is 31.4 Å². The van der Waals surface area contributed by atoms with Gasteiger partial charge in [0.15, 0.2) is 11.5 Å². The molecule has 0 aliphatic heterocycles. The van der Waals surface area contributed by atoms with Crippen molar-refractivity contribution in [2.45, 2.75) is 19.5 Å². The summed E-state index contributed by atoms with van der Waals surface area (Å²) >= 11 is 0. The second-order valence-corrected chi connectivity index (χ2v) is 5.17. The Morgan fingerprint density at radius 1 is 1.22 bits per heavy atom. The van der Waals surface area contributed by atoms with E-state index < -0.39 is 0 Å². The summed E-state index contributed by atoms with van der Waals surface area (Å²) in [7, 11) is 3.26. The molecule has 1 atom stereocenters.